The van der Waals surface area contributed by atoms with Gasteiger partial charge in [0, 0.05) is 19.2 Å². The molecule has 1 aromatic rings. The second kappa shape index (κ2) is 4.99. The summed E-state index contributed by atoms with van der Waals surface area (Å²) in [6, 6.07) is 6.15. The van der Waals surface area contributed by atoms with Crippen LogP contribution >= 0.6 is 0 Å². The van der Waals surface area contributed by atoms with Crippen molar-refractivity contribution in [2.45, 2.75) is 26.7 Å². The third kappa shape index (κ3) is 2.92. The molecule has 5 nitrogen and oxygen atoms in total. The highest BCUT2D eigenvalue weighted by Crippen LogP contribution is 2.30. The Labute approximate surface area is 112 Å². The number of benzene rings is 1. The largest absolute Gasteiger partial charge is 0.338 e. The van der Waals surface area contributed by atoms with Crippen molar-refractivity contribution in [3.05, 3.63) is 39.9 Å². The van der Waals surface area contributed by atoms with Crippen LogP contribution in [0.5, 0.6) is 0 Å². The molecule has 0 bridgehead atoms. The average Bonchev–Trinajstić information content (AvgIpc) is 2.36. The second-order valence-corrected chi connectivity index (χ2v) is 5.77. The lowest BCUT2D eigenvalue weighted by Crippen LogP contribution is -2.43. The molecule has 1 amide bonds. The number of nitrogens with zero attached hydrogens (tertiary/aromatic N) is 2. The first kappa shape index (κ1) is 13.5. The summed E-state index contributed by atoms with van der Waals surface area (Å²) in [5.74, 6) is -0.236. The molecular formula is C14H18N2O3. The number of carbonyl (C=O) groups excluding carboxylic acids is 1. The highest BCUT2D eigenvalue weighted by molar-refractivity contribution is 5.98. The fraction of sp³-hybridized carbons (Fsp3) is 0.500. The summed E-state index contributed by atoms with van der Waals surface area (Å²) < 4.78 is 0. The van der Waals surface area contributed by atoms with Crippen molar-refractivity contribution in [3.8, 4) is 0 Å². The molecule has 0 atom stereocenters. The minimum atomic E-state index is -0.498. The van der Waals surface area contributed by atoms with E-state index in [0.717, 1.165) is 12.8 Å². The third-order valence-electron chi connectivity index (χ3n) is 3.52. The number of hydrogen-bond acceptors (Lipinski definition) is 3. The summed E-state index contributed by atoms with van der Waals surface area (Å²) >= 11 is 0. The molecular weight excluding hydrogens is 244 g/mol. The maximum absolute atomic E-state index is 12.4. The Kier molecular flexibility index (Phi) is 3.55. The van der Waals surface area contributed by atoms with Gasteiger partial charge in [0.2, 0.25) is 0 Å². The molecule has 0 aliphatic carbocycles. The van der Waals surface area contributed by atoms with Crippen molar-refractivity contribution >= 4 is 11.6 Å². The van der Waals surface area contributed by atoms with Crippen LogP contribution in [0.25, 0.3) is 0 Å². The lowest BCUT2D eigenvalue weighted by atomic mass is 9.84. The van der Waals surface area contributed by atoms with Crippen LogP contribution in [0.15, 0.2) is 24.3 Å². The van der Waals surface area contributed by atoms with Gasteiger partial charge in [-0.25, -0.2) is 0 Å². The first-order valence-corrected chi connectivity index (χ1v) is 6.43. The average molecular weight is 262 g/mol. The van der Waals surface area contributed by atoms with Gasteiger partial charge in [0.05, 0.1) is 4.92 Å². The van der Waals surface area contributed by atoms with Gasteiger partial charge in [-0.2, -0.15) is 0 Å². The van der Waals surface area contributed by atoms with Crippen LogP contribution in [0, 0.1) is 15.5 Å². The SMILES string of the molecule is CC1(C)CCCN(C(=O)c2ccccc2[N+](=O)[O-])C1. The van der Waals surface area contributed by atoms with E-state index < -0.39 is 4.92 Å². The number of nitro benzene ring substituents is 1. The van der Waals surface area contributed by atoms with Crippen molar-refractivity contribution in [2.75, 3.05) is 13.1 Å². The van der Waals surface area contributed by atoms with Crippen LogP contribution < -0.4 is 0 Å². The minimum Gasteiger partial charge on any atom is -0.338 e. The molecule has 1 aliphatic rings. The van der Waals surface area contributed by atoms with Gasteiger partial charge in [-0.05, 0) is 24.3 Å². The van der Waals surface area contributed by atoms with E-state index in [-0.39, 0.29) is 22.6 Å². The Morgan fingerprint density at radius 1 is 1.37 bits per heavy atom. The monoisotopic (exact) mass is 262 g/mol. The Hall–Kier alpha value is -1.91. The van der Waals surface area contributed by atoms with Crippen LogP contribution in [-0.4, -0.2) is 28.8 Å². The fourth-order valence-corrected chi connectivity index (χ4v) is 2.58. The van der Waals surface area contributed by atoms with Gasteiger partial charge in [-0.3, -0.25) is 14.9 Å². The molecule has 19 heavy (non-hydrogen) atoms. The summed E-state index contributed by atoms with van der Waals surface area (Å²) in [5.41, 5.74) is 0.151. The molecule has 2 rings (SSSR count). The van der Waals surface area contributed by atoms with Gasteiger partial charge in [0.25, 0.3) is 11.6 Å². The number of rotatable bonds is 2. The number of nitro groups is 1. The standard InChI is InChI=1S/C14H18N2O3/c1-14(2)8-5-9-15(10-14)13(17)11-6-3-4-7-12(11)16(18)19/h3-4,6-7H,5,8-10H2,1-2H3. The Bertz CT molecular complexity index is 511. The van der Waals surface area contributed by atoms with Crippen molar-refractivity contribution < 1.29 is 9.72 Å². The maximum Gasteiger partial charge on any atom is 0.282 e. The second-order valence-electron chi connectivity index (χ2n) is 5.77. The van der Waals surface area contributed by atoms with Crippen LogP contribution in [0.3, 0.4) is 0 Å². The van der Waals surface area contributed by atoms with E-state index in [4.69, 9.17) is 0 Å². The summed E-state index contributed by atoms with van der Waals surface area (Å²) in [5, 5.41) is 11.0. The normalized spacial score (nSPS) is 18.1. The van der Waals surface area contributed by atoms with Gasteiger partial charge in [-0.1, -0.05) is 26.0 Å². The van der Waals surface area contributed by atoms with Gasteiger partial charge in [-0.15, -0.1) is 0 Å². The van der Waals surface area contributed by atoms with E-state index in [1.54, 1.807) is 17.0 Å². The molecule has 0 N–H and O–H groups in total. The van der Waals surface area contributed by atoms with E-state index in [0.29, 0.717) is 13.1 Å². The van der Waals surface area contributed by atoms with E-state index in [9.17, 15) is 14.9 Å². The summed E-state index contributed by atoms with van der Waals surface area (Å²) in [6.45, 7) is 5.56. The molecule has 5 heteroatoms. The minimum absolute atomic E-state index is 0.0808. The topological polar surface area (TPSA) is 63.5 Å². The number of carbonyl (C=O) groups is 1. The van der Waals surface area contributed by atoms with E-state index in [1.807, 2.05) is 0 Å². The molecule has 0 radical (unpaired) electrons. The molecule has 1 aliphatic heterocycles. The quantitative estimate of drug-likeness (QED) is 0.608. The number of amides is 1. The highest BCUT2D eigenvalue weighted by atomic mass is 16.6. The summed E-state index contributed by atoms with van der Waals surface area (Å²) in [6.07, 6.45) is 2.02. The Balaban J connectivity index is 2.27. The lowest BCUT2D eigenvalue weighted by Gasteiger charge is -2.38. The van der Waals surface area contributed by atoms with Crippen molar-refractivity contribution in [1.82, 2.24) is 4.90 Å². The summed E-state index contributed by atoms with van der Waals surface area (Å²) in [7, 11) is 0. The van der Waals surface area contributed by atoms with Crippen LogP contribution in [-0.2, 0) is 0 Å². The van der Waals surface area contributed by atoms with Gasteiger partial charge >= 0.3 is 0 Å². The van der Waals surface area contributed by atoms with E-state index >= 15 is 0 Å². The molecule has 1 aromatic carbocycles. The number of hydrogen-bond donors (Lipinski definition) is 0. The summed E-state index contributed by atoms with van der Waals surface area (Å²) in [4.78, 5) is 24.6. The van der Waals surface area contributed by atoms with Crippen molar-refractivity contribution in [3.63, 3.8) is 0 Å². The fourth-order valence-electron chi connectivity index (χ4n) is 2.58. The highest BCUT2D eigenvalue weighted by Gasteiger charge is 2.31. The third-order valence-corrected chi connectivity index (χ3v) is 3.52. The van der Waals surface area contributed by atoms with Crippen LogP contribution in [0.4, 0.5) is 5.69 Å². The van der Waals surface area contributed by atoms with Crippen LogP contribution in [0.2, 0.25) is 0 Å². The first-order chi connectivity index (χ1) is 8.91. The zero-order valence-electron chi connectivity index (χ0n) is 11.3. The molecule has 1 heterocycles. The molecule has 0 unspecified atom stereocenters. The molecule has 0 spiro atoms. The molecule has 0 aromatic heterocycles. The smallest absolute Gasteiger partial charge is 0.282 e. The van der Waals surface area contributed by atoms with Crippen molar-refractivity contribution in [2.24, 2.45) is 5.41 Å². The first-order valence-electron chi connectivity index (χ1n) is 6.43. The Morgan fingerprint density at radius 3 is 2.68 bits per heavy atom. The zero-order valence-corrected chi connectivity index (χ0v) is 11.3. The predicted octanol–water partition coefficient (Wildman–Crippen LogP) is 2.86. The van der Waals surface area contributed by atoms with Crippen molar-refractivity contribution in [1.29, 1.82) is 0 Å². The number of likely N-dealkylation sites (tertiary alicyclic amines) is 1. The van der Waals surface area contributed by atoms with E-state index in [2.05, 4.69) is 13.8 Å². The lowest BCUT2D eigenvalue weighted by molar-refractivity contribution is -0.385. The van der Waals surface area contributed by atoms with Crippen LogP contribution in [0.1, 0.15) is 37.0 Å². The van der Waals surface area contributed by atoms with Gasteiger partial charge < -0.3 is 4.90 Å². The maximum atomic E-state index is 12.4. The predicted molar refractivity (Wildman–Crippen MR) is 72.0 cm³/mol. The molecule has 0 saturated carbocycles. The molecule has 1 saturated heterocycles. The van der Waals surface area contributed by atoms with Gasteiger partial charge in [0.1, 0.15) is 5.56 Å². The molecule has 102 valence electrons. The Morgan fingerprint density at radius 2 is 2.05 bits per heavy atom. The number of piperidine rings is 1. The number of para-hydroxylation sites is 1. The van der Waals surface area contributed by atoms with Gasteiger partial charge in [0.15, 0.2) is 0 Å². The zero-order chi connectivity index (χ0) is 14.0. The van der Waals surface area contributed by atoms with E-state index in [1.165, 1.54) is 12.1 Å². The molecule has 1 fully saturated rings.